The largest absolute Gasteiger partial charge is 0.462 e. The van der Waals surface area contributed by atoms with Gasteiger partial charge in [0.15, 0.2) is 6.61 Å². The highest BCUT2D eigenvalue weighted by Gasteiger charge is 2.36. The molecule has 1 aliphatic rings. The van der Waals surface area contributed by atoms with E-state index in [1.54, 1.807) is 43.3 Å². The van der Waals surface area contributed by atoms with E-state index in [4.69, 9.17) is 14.2 Å². The second kappa shape index (κ2) is 13.1. The summed E-state index contributed by atoms with van der Waals surface area (Å²) in [6.07, 6.45) is -0.00489. The summed E-state index contributed by atoms with van der Waals surface area (Å²) in [6.45, 7) is 7.88. The Labute approximate surface area is 239 Å². The fourth-order valence-electron chi connectivity index (χ4n) is 4.50. The summed E-state index contributed by atoms with van der Waals surface area (Å²) in [4.78, 5) is 50.9. The molecule has 0 bridgehead atoms. The number of hydrogen-bond acceptors (Lipinski definition) is 7. The van der Waals surface area contributed by atoms with Crippen LogP contribution >= 0.6 is 0 Å². The zero-order valence-electron chi connectivity index (χ0n) is 23.6. The van der Waals surface area contributed by atoms with Gasteiger partial charge >= 0.3 is 11.9 Å². The maximum absolute atomic E-state index is 12.7. The second-order valence-electron chi connectivity index (χ2n) is 10.2. The number of nitrogens with zero attached hydrogens (tertiary/aromatic N) is 1. The highest BCUT2D eigenvalue weighted by atomic mass is 16.5. The number of ether oxygens (including phenoxy) is 3. The molecule has 0 unspecified atom stereocenters. The van der Waals surface area contributed by atoms with Crippen LogP contribution < -0.4 is 15.0 Å². The first-order valence-electron chi connectivity index (χ1n) is 13.6. The summed E-state index contributed by atoms with van der Waals surface area (Å²) in [5.41, 5.74) is 3.66. The quantitative estimate of drug-likeness (QED) is 0.322. The number of amides is 2. The van der Waals surface area contributed by atoms with Crippen molar-refractivity contribution in [1.29, 1.82) is 0 Å². The van der Waals surface area contributed by atoms with Gasteiger partial charge in [0, 0.05) is 24.3 Å². The first kappa shape index (κ1) is 29.3. The smallest absolute Gasteiger partial charge is 0.338 e. The number of carbonyl (C=O) groups excluding carboxylic acids is 4. The lowest BCUT2D eigenvalue weighted by Gasteiger charge is -2.18. The van der Waals surface area contributed by atoms with Gasteiger partial charge in [-0.1, -0.05) is 26.0 Å². The van der Waals surface area contributed by atoms with E-state index in [2.05, 4.69) is 31.3 Å². The molecule has 214 valence electrons. The molecular formula is C32H34N2O7. The predicted octanol–water partition coefficient (Wildman–Crippen LogP) is 5.62. The number of esters is 2. The van der Waals surface area contributed by atoms with E-state index < -0.39 is 30.4 Å². The first-order chi connectivity index (χ1) is 19.6. The molecule has 0 saturated carbocycles. The van der Waals surface area contributed by atoms with E-state index in [1.165, 1.54) is 17.0 Å². The summed E-state index contributed by atoms with van der Waals surface area (Å²) < 4.78 is 16.3. The molecule has 9 nitrogen and oxygen atoms in total. The molecule has 0 radical (unpaired) electrons. The first-order valence-corrected chi connectivity index (χ1v) is 13.6. The van der Waals surface area contributed by atoms with Gasteiger partial charge in [0.1, 0.15) is 11.5 Å². The molecule has 1 aliphatic heterocycles. The monoisotopic (exact) mass is 558 g/mol. The van der Waals surface area contributed by atoms with Crippen LogP contribution in [0.4, 0.5) is 11.4 Å². The van der Waals surface area contributed by atoms with Gasteiger partial charge in [-0.05, 0) is 85.5 Å². The van der Waals surface area contributed by atoms with Crippen LogP contribution in [0.15, 0.2) is 66.7 Å². The van der Waals surface area contributed by atoms with Crippen molar-refractivity contribution >= 4 is 35.1 Å². The van der Waals surface area contributed by atoms with Gasteiger partial charge in [-0.2, -0.15) is 0 Å². The summed E-state index contributed by atoms with van der Waals surface area (Å²) in [7, 11) is 0. The predicted molar refractivity (Wildman–Crippen MR) is 154 cm³/mol. The minimum absolute atomic E-state index is 0.00489. The molecule has 0 aromatic heterocycles. The van der Waals surface area contributed by atoms with Crippen molar-refractivity contribution < 1.29 is 33.4 Å². The molecule has 3 aromatic rings. The van der Waals surface area contributed by atoms with E-state index in [0.29, 0.717) is 28.6 Å². The molecule has 2 amide bonds. The van der Waals surface area contributed by atoms with Crippen LogP contribution in [0.5, 0.6) is 11.5 Å². The van der Waals surface area contributed by atoms with E-state index in [-0.39, 0.29) is 25.5 Å². The summed E-state index contributed by atoms with van der Waals surface area (Å²) in [6, 6.07) is 19.5. The van der Waals surface area contributed by atoms with Crippen molar-refractivity contribution in [2.24, 2.45) is 5.92 Å². The van der Waals surface area contributed by atoms with Gasteiger partial charge in [-0.25, -0.2) is 4.79 Å². The zero-order chi connectivity index (χ0) is 29.5. The van der Waals surface area contributed by atoms with Gasteiger partial charge in [0.25, 0.3) is 5.91 Å². The van der Waals surface area contributed by atoms with Crippen molar-refractivity contribution in [3.8, 4) is 11.5 Å². The average Bonchev–Trinajstić information content (AvgIpc) is 3.34. The maximum atomic E-state index is 12.7. The third-order valence-electron chi connectivity index (χ3n) is 6.65. The maximum Gasteiger partial charge on any atom is 0.338 e. The number of nitrogens with one attached hydrogen (secondary N) is 1. The lowest BCUT2D eigenvalue weighted by molar-refractivity contribution is -0.151. The fourth-order valence-corrected chi connectivity index (χ4v) is 4.50. The van der Waals surface area contributed by atoms with Crippen LogP contribution in [0.2, 0.25) is 0 Å². The molecule has 9 heteroatoms. The normalized spacial score (nSPS) is 14.6. The number of rotatable bonds is 10. The Morgan fingerprint density at radius 2 is 1.68 bits per heavy atom. The van der Waals surface area contributed by atoms with Crippen molar-refractivity contribution in [1.82, 2.24) is 0 Å². The Kier molecular flexibility index (Phi) is 9.39. The van der Waals surface area contributed by atoms with Crippen LogP contribution in [-0.4, -0.2) is 43.5 Å². The third-order valence-corrected chi connectivity index (χ3v) is 6.65. The van der Waals surface area contributed by atoms with Gasteiger partial charge in [-0.3, -0.25) is 14.4 Å². The van der Waals surface area contributed by atoms with Crippen LogP contribution in [0.1, 0.15) is 54.6 Å². The Morgan fingerprint density at radius 1 is 0.976 bits per heavy atom. The molecule has 4 rings (SSSR count). The summed E-state index contributed by atoms with van der Waals surface area (Å²) in [5.74, 6) is -0.743. The highest BCUT2D eigenvalue weighted by Crippen LogP contribution is 2.33. The molecule has 1 heterocycles. The van der Waals surface area contributed by atoms with Crippen molar-refractivity contribution in [3.05, 3.63) is 83.4 Å². The minimum Gasteiger partial charge on any atom is -0.462 e. The van der Waals surface area contributed by atoms with Crippen LogP contribution in [0, 0.1) is 12.8 Å². The SMILES string of the molecule is CCOC(=O)c1ccc(NC(=O)COC(=O)[C@@H]2CC(=O)N(c3ccc(Oc4cc(C)ccc4C(C)C)cc3)C2)cc1. The summed E-state index contributed by atoms with van der Waals surface area (Å²) in [5, 5.41) is 2.61. The van der Waals surface area contributed by atoms with E-state index in [9.17, 15) is 19.2 Å². The Bertz CT molecular complexity index is 1410. The number of benzene rings is 3. The van der Waals surface area contributed by atoms with Gasteiger partial charge in [-0.15, -0.1) is 0 Å². The van der Waals surface area contributed by atoms with Crippen molar-refractivity contribution in [3.63, 3.8) is 0 Å². The lowest BCUT2D eigenvalue weighted by Crippen LogP contribution is -2.28. The lowest BCUT2D eigenvalue weighted by atomic mass is 10.0. The number of aryl methyl sites for hydroxylation is 1. The molecule has 3 aromatic carbocycles. The molecule has 1 saturated heterocycles. The molecule has 1 atom stereocenters. The van der Waals surface area contributed by atoms with Gasteiger partial charge in [0.2, 0.25) is 5.91 Å². The Balaban J connectivity index is 1.29. The third kappa shape index (κ3) is 7.51. The minimum atomic E-state index is -0.684. The van der Waals surface area contributed by atoms with E-state index in [1.807, 2.05) is 13.0 Å². The Morgan fingerprint density at radius 3 is 2.34 bits per heavy atom. The standard InChI is InChI=1S/C32H34N2O7/c1-5-39-31(37)22-7-9-24(10-8-22)33-29(35)19-40-32(38)23-17-30(36)34(18-23)25-11-13-26(14-12-25)41-28-16-21(4)6-15-27(28)20(2)3/h6-16,20,23H,5,17-19H2,1-4H3,(H,33,35)/t23-/m1/s1. The van der Waals surface area contributed by atoms with E-state index in [0.717, 1.165) is 16.9 Å². The molecular weight excluding hydrogens is 524 g/mol. The van der Waals surface area contributed by atoms with Crippen LogP contribution in [0.25, 0.3) is 0 Å². The molecule has 1 N–H and O–H groups in total. The average molecular weight is 559 g/mol. The molecule has 0 aliphatic carbocycles. The Hall–Kier alpha value is -4.66. The number of carbonyl (C=O) groups is 4. The number of anilines is 2. The van der Waals surface area contributed by atoms with Gasteiger partial charge < -0.3 is 24.4 Å². The topological polar surface area (TPSA) is 111 Å². The molecule has 0 spiro atoms. The summed E-state index contributed by atoms with van der Waals surface area (Å²) >= 11 is 0. The zero-order valence-corrected chi connectivity index (χ0v) is 23.6. The molecule has 1 fully saturated rings. The highest BCUT2D eigenvalue weighted by molar-refractivity contribution is 6.00. The van der Waals surface area contributed by atoms with Gasteiger partial charge in [0.05, 0.1) is 18.1 Å². The van der Waals surface area contributed by atoms with Crippen molar-refractivity contribution in [2.75, 3.05) is 30.0 Å². The fraction of sp³-hybridized carbons (Fsp3) is 0.312. The van der Waals surface area contributed by atoms with E-state index >= 15 is 0 Å². The molecule has 41 heavy (non-hydrogen) atoms. The van der Waals surface area contributed by atoms with Crippen molar-refractivity contribution in [2.45, 2.75) is 40.0 Å². The second-order valence-corrected chi connectivity index (χ2v) is 10.2. The number of hydrogen-bond donors (Lipinski definition) is 1. The van der Waals surface area contributed by atoms with Crippen LogP contribution in [-0.2, 0) is 23.9 Å². The van der Waals surface area contributed by atoms with Crippen LogP contribution in [0.3, 0.4) is 0 Å².